The molecule has 1 aliphatic rings. The molecule has 1 aliphatic heterocycles. The maximum absolute atomic E-state index is 11.7. The maximum Gasteiger partial charge on any atom is 0.248 e. The van der Waals surface area contributed by atoms with Crippen molar-refractivity contribution in [1.29, 1.82) is 0 Å². The number of rotatable bonds is 1. The molecule has 0 saturated heterocycles. The van der Waals surface area contributed by atoms with Gasteiger partial charge in [0.1, 0.15) is 12.4 Å². The number of halogens is 1. The van der Waals surface area contributed by atoms with Crippen molar-refractivity contribution in [2.24, 2.45) is 5.73 Å². The zero-order chi connectivity index (χ0) is 11.1. The summed E-state index contributed by atoms with van der Waals surface area (Å²) in [6.45, 7) is 0.179. The summed E-state index contributed by atoms with van der Waals surface area (Å²) in [7, 11) is 1.56. The van der Waals surface area contributed by atoms with Crippen LogP contribution in [0.3, 0.4) is 0 Å². The molecule has 2 rings (SSSR count). The van der Waals surface area contributed by atoms with Crippen LogP contribution in [0.5, 0.6) is 5.75 Å². The molecular formula is C10H11BrN2O2. The number of benzene rings is 1. The van der Waals surface area contributed by atoms with Crippen molar-refractivity contribution < 1.29 is 9.53 Å². The first kappa shape index (κ1) is 10.4. The van der Waals surface area contributed by atoms with Crippen molar-refractivity contribution >= 4 is 21.8 Å². The van der Waals surface area contributed by atoms with E-state index in [4.69, 9.17) is 10.5 Å². The van der Waals surface area contributed by atoms with Gasteiger partial charge in [-0.1, -0.05) is 22.0 Å². The highest BCUT2D eigenvalue weighted by atomic mass is 79.9. The number of likely N-dealkylation sites (N-methyl/N-ethyl adjacent to an activating group) is 1. The third-order valence-electron chi connectivity index (χ3n) is 2.51. The minimum atomic E-state index is -1.06. The first-order valence-electron chi connectivity index (χ1n) is 4.52. The smallest absolute Gasteiger partial charge is 0.248 e. The number of nitrogens with two attached hydrogens (primary N) is 1. The molecule has 3 N–H and O–H groups in total. The Kier molecular flexibility index (Phi) is 2.44. The van der Waals surface area contributed by atoms with Crippen LogP contribution in [0.1, 0.15) is 5.56 Å². The third kappa shape index (κ3) is 1.52. The van der Waals surface area contributed by atoms with E-state index in [-0.39, 0.29) is 12.5 Å². The Balaban J connectivity index is 2.48. The number of carbonyl (C=O) groups excluding carboxylic acids is 1. The Hall–Kier alpha value is -1.07. The summed E-state index contributed by atoms with van der Waals surface area (Å²) in [5, 5.41) is 2.55. The van der Waals surface area contributed by atoms with Crippen molar-refractivity contribution in [3.63, 3.8) is 0 Å². The molecular weight excluding hydrogens is 260 g/mol. The van der Waals surface area contributed by atoms with Crippen LogP contribution in [0.4, 0.5) is 0 Å². The summed E-state index contributed by atoms with van der Waals surface area (Å²) >= 11 is 3.34. The van der Waals surface area contributed by atoms with Gasteiger partial charge in [-0.3, -0.25) is 4.79 Å². The summed E-state index contributed by atoms with van der Waals surface area (Å²) in [6.07, 6.45) is 0. The zero-order valence-corrected chi connectivity index (χ0v) is 9.80. The number of hydrogen-bond acceptors (Lipinski definition) is 3. The second-order valence-corrected chi connectivity index (χ2v) is 4.40. The quantitative estimate of drug-likeness (QED) is 0.792. The number of hydrogen-bond donors (Lipinski definition) is 2. The van der Waals surface area contributed by atoms with E-state index >= 15 is 0 Å². The molecule has 5 heteroatoms. The van der Waals surface area contributed by atoms with Gasteiger partial charge in [0.15, 0.2) is 5.54 Å². The lowest BCUT2D eigenvalue weighted by Gasteiger charge is -2.20. The maximum atomic E-state index is 11.7. The van der Waals surface area contributed by atoms with Crippen LogP contribution in [0.25, 0.3) is 0 Å². The minimum Gasteiger partial charge on any atom is -0.490 e. The third-order valence-corrected chi connectivity index (χ3v) is 3.01. The van der Waals surface area contributed by atoms with E-state index in [1.807, 2.05) is 18.2 Å². The van der Waals surface area contributed by atoms with Crippen LogP contribution in [0.2, 0.25) is 0 Å². The highest BCUT2D eigenvalue weighted by Gasteiger charge is 2.43. The van der Waals surface area contributed by atoms with Gasteiger partial charge in [-0.2, -0.15) is 0 Å². The van der Waals surface area contributed by atoms with Crippen molar-refractivity contribution in [2.75, 3.05) is 13.7 Å². The highest BCUT2D eigenvalue weighted by molar-refractivity contribution is 9.10. The fourth-order valence-electron chi connectivity index (χ4n) is 1.66. The van der Waals surface area contributed by atoms with Gasteiger partial charge in [0.05, 0.1) is 0 Å². The standard InChI is InChI=1S/C10H11BrN2O2/c1-13-9(14)10(12)5-15-8-4-6(11)2-3-7(8)10/h2-4H,5,12H2,1H3,(H,13,14). The topological polar surface area (TPSA) is 64.4 Å². The van der Waals surface area contributed by atoms with Crippen LogP contribution in [-0.2, 0) is 10.3 Å². The molecule has 0 aromatic heterocycles. The molecule has 0 radical (unpaired) electrons. The number of ether oxygens (including phenoxy) is 1. The number of fused-ring (bicyclic) bond motifs is 1. The van der Waals surface area contributed by atoms with E-state index in [1.165, 1.54) is 0 Å². The second-order valence-electron chi connectivity index (χ2n) is 3.48. The predicted molar refractivity (Wildman–Crippen MR) is 59.6 cm³/mol. The lowest BCUT2D eigenvalue weighted by Crippen LogP contribution is -2.51. The fraction of sp³-hybridized carbons (Fsp3) is 0.300. The van der Waals surface area contributed by atoms with E-state index in [0.717, 1.165) is 10.0 Å². The van der Waals surface area contributed by atoms with Gasteiger partial charge >= 0.3 is 0 Å². The summed E-state index contributed by atoms with van der Waals surface area (Å²) in [5.41, 5.74) is 5.68. The Labute approximate surface area is 95.9 Å². The molecule has 0 saturated carbocycles. The molecule has 0 aliphatic carbocycles. The highest BCUT2D eigenvalue weighted by Crippen LogP contribution is 2.37. The number of nitrogens with one attached hydrogen (secondary N) is 1. The molecule has 1 aromatic rings. The molecule has 80 valence electrons. The van der Waals surface area contributed by atoms with Crippen LogP contribution in [0, 0.1) is 0 Å². The van der Waals surface area contributed by atoms with E-state index in [9.17, 15) is 4.79 Å². The van der Waals surface area contributed by atoms with Gasteiger partial charge < -0.3 is 15.8 Å². The Morgan fingerprint density at radius 3 is 3.07 bits per heavy atom. The molecule has 1 aromatic carbocycles. The van der Waals surface area contributed by atoms with E-state index in [2.05, 4.69) is 21.2 Å². The average Bonchev–Trinajstić information content (AvgIpc) is 2.56. The van der Waals surface area contributed by atoms with E-state index < -0.39 is 5.54 Å². The first-order valence-corrected chi connectivity index (χ1v) is 5.31. The fourth-order valence-corrected chi connectivity index (χ4v) is 2.00. The Morgan fingerprint density at radius 1 is 1.67 bits per heavy atom. The summed E-state index contributed by atoms with van der Waals surface area (Å²) < 4.78 is 6.31. The summed E-state index contributed by atoms with van der Waals surface area (Å²) in [5.74, 6) is 0.430. The molecule has 0 spiro atoms. The van der Waals surface area contributed by atoms with Crippen LogP contribution in [-0.4, -0.2) is 19.6 Å². The van der Waals surface area contributed by atoms with Crippen molar-refractivity contribution in [3.8, 4) is 5.75 Å². The zero-order valence-electron chi connectivity index (χ0n) is 8.21. The summed E-state index contributed by atoms with van der Waals surface area (Å²) in [6, 6.07) is 5.46. The van der Waals surface area contributed by atoms with Crippen molar-refractivity contribution in [3.05, 3.63) is 28.2 Å². The normalized spacial score (nSPS) is 23.1. The summed E-state index contributed by atoms with van der Waals surface area (Å²) in [4.78, 5) is 11.7. The van der Waals surface area contributed by atoms with Gasteiger partial charge in [0.2, 0.25) is 5.91 Å². The number of amides is 1. The van der Waals surface area contributed by atoms with E-state index in [0.29, 0.717) is 5.75 Å². The second kappa shape index (κ2) is 3.50. The molecule has 0 bridgehead atoms. The SMILES string of the molecule is CNC(=O)C1(N)COc2cc(Br)ccc21. The molecule has 1 atom stereocenters. The monoisotopic (exact) mass is 270 g/mol. The van der Waals surface area contributed by atoms with Gasteiger partial charge in [0, 0.05) is 17.1 Å². The molecule has 1 heterocycles. The lowest BCUT2D eigenvalue weighted by molar-refractivity contribution is -0.126. The average molecular weight is 271 g/mol. The van der Waals surface area contributed by atoms with Crippen LogP contribution >= 0.6 is 15.9 Å². The van der Waals surface area contributed by atoms with Crippen LogP contribution in [0.15, 0.2) is 22.7 Å². The molecule has 15 heavy (non-hydrogen) atoms. The first-order chi connectivity index (χ1) is 7.08. The molecule has 4 nitrogen and oxygen atoms in total. The molecule has 1 amide bonds. The van der Waals surface area contributed by atoms with E-state index in [1.54, 1.807) is 7.05 Å². The minimum absolute atomic E-state index is 0.179. The van der Waals surface area contributed by atoms with Crippen molar-refractivity contribution in [1.82, 2.24) is 5.32 Å². The van der Waals surface area contributed by atoms with Crippen LogP contribution < -0.4 is 15.8 Å². The Bertz CT molecular complexity index is 422. The van der Waals surface area contributed by atoms with Gasteiger partial charge in [-0.15, -0.1) is 0 Å². The number of carbonyl (C=O) groups is 1. The molecule has 1 unspecified atom stereocenters. The van der Waals surface area contributed by atoms with Gasteiger partial charge in [0.25, 0.3) is 0 Å². The van der Waals surface area contributed by atoms with Gasteiger partial charge in [-0.25, -0.2) is 0 Å². The van der Waals surface area contributed by atoms with Gasteiger partial charge in [-0.05, 0) is 12.1 Å². The van der Waals surface area contributed by atoms with Crippen molar-refractivity contribution in [2.45, 2.75) is 5.54 Å². The Morgan fingerprint density at radius 2 is 2.40 bits per heavy atom. The lowest BCUT2D eigenvalue weighted by atomic mass is 9.92. The molecule has 0 fully saturated rings. The largest absolute Gasteiger partial charge is 0.490 e. The predicted octanol–water partition coefficient (Wildman–Crippen LogP) is 0.741.